The Kier molecular flexibility index (Phi) is 6.97. The van der Waals surface area contributed by atoms with Crippen molar-refractivity contribution in [2.24, 2.45) is 0 Å². The van der Waals surface area contributed by atoms with E-state index in [0.29, 0.717) is 13.0 Å². The van der Waals surface area contributed by atoms with Crippen LogP contribution >= 0.6 is 11.8 Å². The van der Waals surface area contributed by atoms with Crippen LogP contribution in [-0.4, -0.2) is 18.2 Å². The van der Waals surface area contributed by atoms with Crippen LogP contribution in [0.1, 0.15) is 25.3 Å². The highest BCUT2D eigenvalue weighted by atomic mass is 32.2. The van der Waals surface area contributed by atoms with Gasteiger partial charge in [-0.25, -0.2) is 0 Å². The Morgan fingerprint density at radius 3 is 2.72 bits per heavy atom. The molecule has 1 aromatic carbocycles. The van der Waals surface area contributed by atoms with E-state index in [4.69, 9.17) is 5.26 Å². The van der Waals surface area contributed by atoms with Crippen LogP contribution in [0, 0.1) is 11.3 Å². The standard InChI is InChI=1S/C14H18N2OS/c1-2-18-13-7-5-12(6-8-13)9-11-16-14(17)4-3-10-15/h5-8H,2-4,9,11H2,1H3,(H,16,17). The zero-order chi connectivity index (χ0) is 13.2. The maximum absolute atomic E-state index is 11.3. The molecule has 0 heterocycles. The van der Waals surface area contributed by atoms with Gasteiger partial charge in [-0.05, 0) is 29.9 Å². The lowest BCUT2D eigenvalue weighted by Crippen LogP contribution is -2.25. The first-order chi connectivity index (χ1) is 8.76. The minimum absolute atomic E-state index is 0.0466. The first-order valence-corrected chi connectivity index (χ1v) is 7.10. The predicted octanol–water partition coefficient (Wildman–Crippen LogP) is 2.76. The number of amides is 1. The van der Waals surface area contributed by atoms with Crippen LogP contribution in [0.5, 0.6) is 0 Å². The van der Waals surface area contributed by atoms with E-state index >= 15 is 0 Å². The number of nitrogens with one attached hydrogen (secondary N) is 1. The summed E-state index contributed by atoms with van der Waals surface area (Å²) in [5.41, 5.74) is 1.22. The van der Waals surface area contributed by atoms with Crippen LogP contribution in [0.4, 0.5) is 0 Å². The van der Waals surface area contributed by atoms with Crippen LogP contribution in [-0.2, 0) is 11.2 Å². The molecule has 0 saturated heterocycles. The van der Waals surface area contributed by atoms with Crippen LogP contribution in [0.2, 0.25) is 0 Å². The number of hydrogen-bond donors (Lipinski definition) is 1. The summed E-state index contributed by atoms with van der Waals surface area (Å²) in [6, 6.07) is 10.4. The quantitative estimate of drug-likeness (QED) is 0.769. The van der Waals surface area contributed by atoms with E-state index < -0.39 is 0 Å². The van der Waals surface area contributed by atoms with Gasteiger partial charge in [0.25, 0.3) is 0 Å². The van der Waals surface area contributed by atoms with Gasteiger partial charge in [-0.3, -0.25) is 4.79 Å². The molecule has 0 aliphatic heterocycles. The highest BCUT2D eigenvalue weighted by Gasteiger charge is 2.00. The molecule has 18 heavy (non-hydrogen) atoms. The molecular formula is C14H18N2OS. The van der Waals surface area contributed by atoms with Crippen LogP contribution in [0.15, 0.2) is 29.2 Å². The van der Waals surface area contributed by atoms with E-state index in [9.17, 15) is 4.79 Å². The Hall–Kier alpha value is -1.47. The first kappa shape index (κ1) is 14.6. The van der Waals surface area contributed by atoms with Gasteiger partial charge in [0.1, 0.15) is 0 Å². The maximum Gasteiger partial charge on any atom is 0.221 e. The molecule has 0 radical (unpaired) electrons. The monoisotopic (exact) mass is 262 g/mol. The lowest BCUT2D eigenvalue weighted by Gasteiger charge is -2.05. The molecule has 0 fully saturated rings. The lowest BCUT2D eigenvalue weighted by molar-refractivity contribution is -0.120. The van der Waals surface area contributed by atoms with Gasteiger partial charge < -0.3 is 5.32 Å². The Morgan fingerprint density at radius 1 is 1.39 bits per heavy atom. The fraction of sp³-hybridized carbons (Fsp3) is 0.429. The van der Waals surface area contributed by atoms with Gasteiger partial charge in [-0.1, -0.05) is 19.1 Å². The highest BCUT2D eigenvalue weighted by Crippen LogP contribution is 2.17. The zero-order valence-corrected chi connectivity index (χ0v) is 11.4. The number of nitrogens with zero attached hydrogens (tertiary/aromatic N) is 1. The zero-order valence-electron chi connectivity index (χ0n) is 10.6. The average molecular weight is 262 g/mol. The van der Waals surface area contributed by atoms with Crippen molar-refractivity contribution in [3.63, 3.8) is 0 Å². The van der Waals surface area contributed by atoms with Crippen molar-refractivity contribution >= 4 is 17.7 Å². The third-order valence-electron chi connectivity index (χ3n) is 2.43. The van der Waals surface area contributed by atoms with Crippen molar-refractivity contribution in [1.29, 1.82) is 5.26 Å². The Morgan fingerprint density at radius 2 is 2.11 bits per heavy atom. The van der Waals surface area contributed by atoms with Crippen molar-refractivity contribution in [3.05, 3.63) is 29.8 Å². The van der Waals surface area contributed by atoms with Crippen molar-refractivity contribution in [1.82, 2.24) is 5.32 Å². The molecule has 0 aliphatic carbocycles. The Bertz CT molecular complexity index is 409. The van der Waals surface area contributed by atoms with E-state index in [1.165, 1.54) is 10.5 Å². The molecule has 0 unspecified atom stereocenters. The van der Waals surface area contributed by atoms with Gasteiger partial charge in [0.15, 0.2) is 0 Å². The molecule has 3 nitrogen and oxygen atoms in total. The smallest absolute Gasteiger partial charge is 0.221 e. The van der Waals surface area contributed by atoms with Crippen LogP contribution in [0.3, 0.4) is 0 Å². The Labute approximate surface area is 113 Å². The maximum atomic E-state index is 11.3. The molecule has 1 aromatic rings. The summed E-state index contributed by atoms with van der Waals surface area (Å²) in [4.78, 5) is 12.5. The molecule has 1 N–H and O–H groups in total. The molecule has 4 heteroatoms. The highest BCUT2D eigenvalue weighted by molar-refractivity contribution is 7.99. The second-order valence-electron chi connectivity index (χ2n) is 3.84. The number of nitriles is 1. The molecule has 96 valence electrons. The van der Waals surface area contributed by atoms with Crippen molar-refractivity contribution < 1.29 is 4.79 Å². The normalized spacial score (nSPS) is 9.78. The minimum Gasteiger partial charge on any atom is -0.356 e. The average Bonchev–Trinajstić information content (AvgIpc) is 2.39. The van der Waals surface area contributed by atoms with E-state index in [2.05, 4.69) is 36.5 Å². The lowest BCUT2D eigenvalue weighted by atomic mass is 10.1. The summed E-state index contributed by atoms with van der Waals surface area (Å²) >= 11 is 1.82. The molecule has 1 rings (SSSR count). The minimum atomic E-state index is -0.0466. The molecular weight excluding hydrogens is 244 g/mol. The van der Waals surface area contributed by atoms with E-state index in [0.717, 1.165) is 12.2 Å². The first-order valence-electron chi connectivity index (χ1n) is 6.11. The summed E-state index contributed by atoms with van der Waals surface area (Å²) in [6.07, 6.45) is 1.41. The van der Waals surface area contributed by atoms with Gasteiger partial charge in [0.05, 0.1) is 6.07 Å². The summed E-state index contributed by atoms with van der Waals surface area (Å²) in [7, 11) is 0. The largest absolute Gasteiger partial charge is 0.356 e. The van der Waals surface area contributed by atoms with Gasteiger partial charge in [0.2, 0.25) is 5.91 Å². The summed E-state index contributed by atoms with van der Waals surface area (Å²) in [5, 5.41) is 11.2. The predicted molar refractivity (Wildman–Crippen MR) is 74.4 cm³/mol. The van der Waals surface area contributed by atoms with E-state index in [1.54, 1.807) is 0 Å². The van der Waals surface area contributed by atoms with Gasteiger partial charge in [-0.15, -0.1) is 11.8 Å². The van der Waals surface area contributed by atoms with Gasteiger partial charge >= 0.3 is 0 Å². The van der Waals surface area contributed by atoms with Crippen LogP contribution in [0.25, 0.3) is 0 Å². The number of rotatable bonds is 7. The molecule has 0 spiro atoms. The van der Waals surface area contributed by atoms with Crippen molar-refractivity contribution in [3.8, 4) is 6.07 Å². The molecule has 0 aromatic heterocycles. The number of thioether (sulfide) groups is 1. The summed E-state index contributed by atoms with van der Waals surface area (Å²) in [6.45, 7) is 2.76. The Balaban J connectivity index is 2.27. The van der Waals surface area contributed by atoms with E-state index in [-0.39, 0.29) is 12.3 Å². The van der Waals surface area contributed by atoms with Crippen molar-refractivity contribution in [2.45, 2.75) is 31.1 Å². The molecule has 1 amide bonds. The molecule has 0 bridgehead atoms. The topological polar surface area (TPSA) is 52.9 Å². The molecule has 0 aliphatic rings. The van der Waals surface area contributed by atoms with Gasteiger partial charge in [0, 0.05) is 24.3 Å². The van der Waals surface area contributed by atoms with Crippen LogP contribution < -0.4 is 5.32 Å². The van der Waals surface area contributed by atoms with Gasteiger partial charge in [-0.2, -0.15) is 5.26 Å². The second-order valence-corrected chi connectivity index (χ2v) is 5.17. The molecule has 0 atom stereocenters. The summed E-state index contributed by atoms with van der Waals surface area (Å²) < 4.78 is 0. The van der Waals surface area contributed by atoms with E-state index in [1.807, 2.05) is 17.8 Å². The van der Waals surface area contributed by atoms with Crippen molar-refractivity contribution in [2.75, 3.05) is 12.3 Å². The fourth-order valence-corrected chi connectivity index (χ4v) is 2.18. The fourth-order valence-electron chi connectivity index (χ4n) is 1.52. The third kappa shape index (κ3) is 5.74. The number of hydrogen-bond acceptors (Lipinski definition) is 3. The third-order valence-corrected chi connectivity index (χ3v) is 3.33. The SMILES string of the molecule is CCSc1ccc(CCNC(=O)CCC#N)cc1. The summed E-state index contributed by atoms with van der Waals surface area (Å²) in [5.74, 6) is 1.03. The number of carbonyl (C=O) groups excluding carboxylic acids is 1. The molecule has 0 saturated carbocycles. The number of carbonyl (C=O) groups is 1. The second kappa shape index (κ2) is 8.60. The number of benzene rings is 1.